The Hall–Kier alpha value is -4.19. The van der Waals surface area contributed by atoms with Crippen LogP contribution in [-0.2, 0) is 11.3 Å². The Bertz CT molecular complexity index is 1420. The van der Waals surface area contributed by atoms with Gasteiger partial charge in [-0.2, -0.15) is 0 Å². The van der Waals surface area contributed by atoms with Crippen molar-refractivity contribution in [2.24, 2.45) is 0 Å². The molecule has 3 aromatic carbocycles. The minimum absolute atomic E-state index is 0.0251. The first-order valence-corrected chi connectivity index (χ1v) is 11.9. The maximum Gasteiger partial charge on any atom is 0.223 e. The highest BCUT2D eigenvalue weighted by Crippen LogP contribution is 2.43. The molecule has 0 bridgehead atoms. The number of halogens is 1. The van der Waals surface area contributed by atoms with E-state index in [-0.39, 0.29) is 29.9 Å². The number of pyridine rings is 1. The zero-order valence-corrected chi connectivity index (χ0v) is 20.2. The first kappa shape index (κ1) is 23.5. The second kappa shape index (κ2) is 9.82. The molecule has 5 nitrogen and oxygen atoms in total. The molecule has 1 unspecified atom stereocenters. The maximum absolute atomic E-state index is 14.8. The normalized spacial score (nSPS) is 15.4. The summed E-state index contributed by atoms with van der Waals surface area (Å²) in [5.74, 6) is 0.427. The number of phenols is 1. The maximum atomic E-state index is 14.8. The number of amides is 1. The quantitative estimate of drug-likeness (QED) is 0.361. The van der Waals surface area contributed by atoms with Gasteiger partial charge in [-0.1, -0.05) is 36.4 Å². The van der Waals surface area contributed by atoms with Gasteiger partial charge in [0.25, 0.3) is 0 Å². The third kappa shape index (κ3) is 4.42. The molecule has 1 fully saturated rings. The van der Waals surface area contributed by atoms with Crippen LogP contribution in [0.5, 0.6) is 11.5 Å². The van der Waals surface area contributed by atoms with Crippen LogP contribution in [0.2, 0.25) is 0 Å². The number of likely N-dealkylation sites (tertiary alicyclic amines) is 1. The van der Waals surface area contributed by atoms with Crippen LogP contribution in [0.3, 0.4) is 0 Å². The van der Waals surface area contributed by atoms with Crippen LogP contribution >= 0.6 is 0 Å². The fraction of sp³-hybridized carbons (Fsp3) is 0.200. The lowest BCUT2D eigenvalue weighted by Crippen LogP contribution is -2.25. The van der Waals surface area contributed by atoms with E-state index in [0.29, 0.717) is 29.8 Å². The highest BCUT2D eigenvalue weighted by molar-refractivity contribution is 5.83. The number of benzene rings is 3. The molecule has 2 heterocycles. The Morgan fingerprint density at radius 3 is 2.67 bits per heavy atom. The molecule has 1 atom stereocenters. The Morgan fingerprint density at radius 2 is 1.92 bits per heavy atom. The van der Waals surface area contributed by atoms with Gasteiger partial charge in [0.2, 0.25) is 5.91 Å². The molecular formula is C30H27FN2O3. The monoisotopic (exact) mass is 482 g/mol. The molecule has 1 amide bonds. The van der Waals surface area contributed by atoms with Crippen molar-refractivity contribution in [1.29, 1.82) is 0 Å². The molecule has 6 heteroatoms. The van der Waals surface area contributed by atoms with E-state index >= 15 is 0 Å². The van der Waals surface area contributed by atoms with Gasteiger partial charge in [-0.15, -0.1) is 0 Å². The van der Waals surface area contributed by atoms with Crippen LogP contribution in [0.1, 0.15) is 29.0 Å². The van der Waals surface area contributed by atoms with E-state index in [4.69, 9.17) is 4.74 Å². The Labute approximate surface area is 209 Å². The SMILES string of the molecule is COc1ccc(C2CC(=O)N(Cc3cc(-c4cccnc4)ccc3F)C2)c(-c2ccccc2O)c1C. The van der Waals surface area contributed by atoms with E-state index in [9.17, 15) is 14.3 Å². The van der Waals surface area contributed by atoms with E-state index in [1.165, 1.54) is 6.07 Å². The van der Waals surface area contributed by atoms with Gasteiger partial charge in [0.05, 0.1) is 7.11 Å². The number of carbonyl (C=O) groups is 1. The standard InChI is InChI=1S/C30H27FN2O3/c1-19-28(36-2)12-10-24(30(19)25-7-3-4-8-27(25)34)22-15-29(35)33(17-22)18-23-14-20(9-11-26(23)31)21-6-5-13-32-16-21/h3-14,16,22,34H,15,17-18H2,1-2H3. The molecule has 1 aliphatic rings. The summed E-state index contributed by atoms with van der Waals surface area (Å²) in [6, 6.07) is 19.8. The third-order valence-electron chi connectivity index (χ3n) is 6.90. The Kier molecular flexibility index (Phi) is 6.42. The summed E-state index contributed by atoms with van der Waals surface area (Å²) in [5.41, 5.74) is 5.66. The number of hydrogen-bond donors (Lipinski definition) is 1. The van der Waals surface area contributed by atoms with E-state index in [1.807, 2.05) is 43.3 Å². The number of ether oxygens (including phenoxy) is 1. The lowest BCUT2D eigenvalue weighted by molar-refractivity contribution is -0.128. The molecule has 5 rings (SSSR count). The van der Waals surface area contributed by atoms with Crippen molar-refractivity contribution in [2.75, 3.05) is 13.7 Å². The second-order valence-corrected chi connectivity index (χ2v) is 9.10. The van der Waals surface area contributed by atoms with Gasteiger partial charge in [0.15, 0.2) is 0 Å². The van der Waals surface area contributed by atoms with Crippen molar-refractivity contribution < 1.29 is 19.0 Å². The van der Waals surface area contributed by atoms with Gasteiger partial charge in [-0.05, 0) is 59.5 Å². The number of methoxy groups -OCH3 is 1. The van der Waals surface area contributed by atoms with Crippen LogP contribution in [0.4, 0.5) is 4.39 Å². The highest BCUT2D eigenvalue weighted by atomic mass is 19.1. The Morgan fingerprint density at radius 1 is 1.08 bits per heavy atom. The van der Waals surface area contributed by atoms with Gasteiger partial charge in [-0.3, -0.25) is 9.78 Å². The van der Waals surface area contributed by atoms with E-state index < -0.39 is 0 Å². The molecule has 182 valence electrons. The van der Waals surface area contributed by atoms with Crippen LogP contribution in [0, 0.1) is 12.7 Å². The fourth-order valence-electron chi connectivity index (χ4n) is 5.07. The number of rotatable bonds is 6. The molecule has 0 spiro atoms. The number of aromatic hydroxyl groups is 1. The lowest BCUT2D eigenvalue weighted by Gasteiger charge is -2.22. The highest BCUT2D eigenvalue weighted by Gasteiger charge is 2.33. The Balaban J connectivity index is 1.46. The van der Waals surface area contributed by atoms with Crippen molar-refractivity contribution in [3.8, 4) is 33.8 Å². The number of aromatic nitrogens is 1. The zero-order valence-electron chi connectivity index (χ0n) is 20.2. The average Bonchev–Trinajstić information content (AvgIpc) is 3.26. The van der Waals surface area contributed by atoms with Gasteiger partial charge in [-0.25, -0.2) is 4.39 Å². The number of nitrogens with zero attached hydrogens (tertiary/aromatic N) is 2. The van der Waals surface area contributed by atoms with Crippen LogP contribution < -0.4 is 4.74 Å². The summed E-state index contributed by atoms with van der Waals surface area (Å²) in [7, 11) is 1.62. The van der Waals surface area contributed by atoms with Gasteiger partial charge in [0.1, 0.15) is 17.3 Å². The number of hydrogen-bond acceptors (Lipinski definition) is 4. The minimum Gasteiger partial charge on any atom is -0.507 e. The molecule has 1 saturated heterocycles. The van der Waals surface area contributed by atoms with Gasteiger partial charge >= 0.3 is 0 Å². The first-order valence-electron chi connectivity index (χ1n) is 11.9. The zero-order chi connectivity index (χ0) is 25.2. The first-order chi connectivity index (χ1) is 17.5. The van der Waals surface area contributed by atoms with Gasteiger partial charge in [0, 0.05) is 54.5 Å². The third-order valence-corrected chi connectivity index (χ3v) is 6.90. The smallest absolute Gasteiger partial charge is 0.223 e. The second-order valence-electron chi connectivity index (χ2n) is 9.10. The van der Waals surface area contributed by atoms with Crippen molar-refractivity contribution >= 4 is 5.91 Å². The van der Waals surface area contributed by atoms with E-state index in [0.717, 1.165) is 27.8 Å². The van der Waals surface area contributed by atoms with Crippen molar-refractivity contribution in [3.63, 3.8) is 0 Å². The number of para-hydroxylation sites is 1. The molecule has 1 N–H and O–H groups in total. The van der Waals surface area contributed by atoms with E-state index in [2.05, 4.69) is 4.98 Å². The molecule has 0 saturated carbocycles. The molecule has 4 aromatic rings. The summed E-state index contributed by atoms with van der Waals surface area (Å²) in [5, 5.41) is 10.6. The summed E-state index contributed by atoms with van der Waals surface area (Å²) >= 11 is 0. The number of phenolic OH excluding ortho intramolecular Hbond substituents is 1. The minimum atomic E-state index is -0.339. The van der Waals surface area contributed by atoms with Gasteiger partial charge < -0.3 is 14.7 Å². The molecule has 0 radical (unpaired) electrons. The summed E-state index contributed by atoms with van der Waals surface area (Å²) in [6.45, 7) is 2.61. The van der Waals surface area contributed by atoms with Crippen LogP contribution in [0.15, 0.2) is 79.1 Å². The molecule has 1 aromatic heterocycles. The fourth-order valence-corrected chi connectivity index (χ4v) is 5.07. The van der Waals surface area contributed by atoms with E-state index in [1.54, 1.807) is 48.7 Å². The predicted octanol–water partition coefficient (Wildman–Crippen LogP) is 6.09. The molecule has 1 aliphatic heterocycles. The topological polar surface area (TPSA) is 62.7 Å². The molecular weight excluding hydrogens is 455 g/mol. The molecule has 36 heavy (non-hydrogen) atoms. The lowest BCUT2D eigenvalue weighted by atomic mass is 9.86. The van der Waals surface area contributed by atoms with Crippen molar-refractivity contribution in [1.82, 2.24) is 9.88 Å². The number of carbonyl (C=O) groups excluding carboxylic acids is 1. The van der Waals surface area contributed by atoms with Crippen LogP contribution in [0.25, 0.3) is 22.3 Å². The predicted molar refractivity (Wildman–Crippen MR) is 137 cm³/mol. The van der Waals surface area contributed by atoms with Crippen LogP contribution in [-0.4, -0.2) is 34.6 Å². The largest absolute Gasteiger partial charge is 0.507 e. The summed E-state index contributed by atoms with van der Waals surface area (Å²) in [4.78, 5) is 18.9. The van der Waals surface area contributed by atoms with Crippen molar-refractivity contribution in [2.45, 2.75) is 25.8 Å². The average molecular weight is 483 g/mol. The molecule has 0 aliphatic carbocycles. The summed E-state index contributed by atoms with van der Waals surface area (Å²) < 4.78 is 20.3. The summed E-state index contributed by atoms with van der Waals surface area (Å²) in [6.07, 6.45) is 3.75. The van der Waals surface area contributed by atoms with Crippen molar-refractivity contribution in [3.05, 3.63) is 102 Å².